The Morgan fingerprint density at radius 3 is 1.09 bits per heavy atom. The van der Waals surface area contributed by atoms with Crippen LogP contribution in [0.5, 0.6) is 0 Å². The second-order valence-electron chi connectivity index (χ2n) is 26.3. The summed E-state index contributed by atoms with van der Waals surface area (Å²) in [5, 5.41) is 0. The Labute approximate surface area is 497 Å². The number of hydrogen-bond acceptors (Lipinski definition) is 1. The summed E-state index contributed by atoms with van der Waals surface area (Å²) in [5.74, 6) is 0. The molecule has 358 valence electrons. The molecule has 0 radical (unpaired) electrons. The molecule has 8 aromatic carbocycles. The number of benzene rings is 8. The Hall–Kier alpha value is -4.82. The lowest BCUT2D eigenvalue weighted by atomic mass is 9.55. The quantitative estimate of drug-likeness (QED) is 0.150. The molecular weight excluding hydrogens is 921 g/mol. The van der Waals surface area contributed by atoms with Gasteiger partial charge in [-0.15, -0.1) is 27.3 Å². The summed E-state index contributed by atoms with van der Waals surface area (Å²) in [7, 11) is 59.0. The summed E-state index contributed by atoms with van der Waals surface area (Å²) < 4.78 is 0. The van der Waals surface area contributed by atoms with Crippen LogP contribution in [0.1, 0.15) is 48.6 Å². The van der Waals surface area contributed by atoms with Crippen molar-refractivity contribution >= 4 is 350 Å². The predicted molar refractivity (Wildman–Crippen MR) is 431 cm³/mol. The van der Waals surface area contributed by atoms with E-state index in [2.05, 4.69) is 264 Å². The molecule has 0 bridgehead atoms. The lowest BCUT2D eigenvalue weighted by Crippen LogP contribution is -2.57. The standard InChI is InChI=1S/C53H66B25N/c1-52(2)12-6-17(57)35(62)40(67)24(12)26-15(55)8-20(37(64)31(26)52)79(21-10-19(59)34(61)32(38(21)65)53(3)11-4-5-14(54)33(60)23(11)25-13(53)7-18(58)36(63)41(25)68)22-9-16(56)27(42(69)39(22)66)28-43(70)45(72)29(46(73)44(28)71)30-47(74)49(76)51(78)50(77)48(30)75/h4-10H,54-78H2,1-3H3. The van der Waals surface area contributed by atoms with Crippen molar-refractivity contribution < 1.29 is 0 Å². The summed E-state index contributed by atoms with van der Waals surface area (Å²) in [6.07, 6.45) is 0. The first kappa shape index (κ1) is 57.4. The first-order valence-corrected chi connectivity index (χ1v) is 29.5. The first-order valence-electron chi connectivity index (χ1n) is 29.5. The molecule has 1 atom stereocenters. The maximum atomic E-state index is 2.73. The Morgan fingerprint density at radius 1 is 0.241 bits per heavy atom. The van der Waals surface area contributed by atoms with E-state index in [1.807, 2.05) is 0 Å². The molecule has 0 aromatic heterocycles. The van der Waals surface area contributed by atoms with Crippen molar-refractivity contribution in [2.75, 3.05) is 4.90 Å². The van der Waals surface area contributed by atoms with Crippen molar-refractivity contribution in [2.45, 2.75) is 31.6 Å². The Bertz CT molecular complexity index is 4090. The van der Waals surface area contributed by atoms with E-state index in [0.29, 0.717) is 0 Å². The monoisotopic (exact) mass is 992 g/mol. The van der Waals surface area contributed by atoms with Crippen LogP contribution in [0.3, 0.4) is 0 Å². The molecule has 0 amide bonds. The lowest BCUT2D eigenvalue weighted by Gasteiger charge is -2.39. The van der Waals surface area contributed by atoms with Gasteiger partial charge < -0.3 is 4.90 Å². The second kappa shape index (κ2) is 19.4. The van der Waals surface area contributed by atoms with E-state index in [-0.39, 0.29) is 5.41 Å². The van der Waals surface area contributed by atoms with Crippen LogP contribution in [-0.2, 0) is 10.8 Å². The van der Waals surface area contributed by atoms with Gasteiger partial charge in [0.15, 0.2) is 0 Å². The highest BCUT2D eigenvalue weighted by molar-refractivity contribution is 6.72. The first-order chi connectivity index (χ1) is 36.8. The third kappa shape index (κ3) is 7.79. The molecule has 0 N–H and O–H groups in total. The van der Waals surface area contributed by atoms with Gasteiger partial charge in [0.25, 0.3) is 0 Å². The van der Waals surface area contributed by atoms with E-state index in [4.69, 9.17) is 0 Å². The van der Waals surface area contributed by atoms with Gasteiger partial charge in [-0.2, -0.15) is 0 Å². The van der Waals surface area contributed by atoms with Crippen LogP contribution in [0.25, 0.3) is 44.5 Å². The highest BCUT2D eigenvalue weighted by atomic mass is 15.1. The smallest absolute Gasteiger partial charge is 0.142 e. The van der Waals surface area contributed by atoms with E-state index in [1.165, 1.54) is 226 Å². The van der Waals surface area contributed by atoms with Crippen molar-refractivity contribution in [2.24, 2.45) is 0 Å². The van der Waals surface area contributed by atoms with Gasteiger partial charge in [-0.05, 0) is 97.4 Å². The second-order valence-corrected chi connectivity index (χ2v) is 26.3. The average Bonchev–Trinajstić information content (AvgIpc) is 3.90. The van der Waals surface area contributed by atoms with Gasteiger partial charge in [0, 0.05) is 27.9 Å². The number of fused-ring (bicyclic) bond motifs is 6. The number of rotatable bonds is 6. The zero-order valence-corrected chi connectivity index (χ0v) is 54.0. The fourth-order valence-electron chi connectivity index (χ4n) is 16.0. The lowest BCUT2D eigenvalue weighted by molar-refractivity contribution is 0.665. The van der Waals surface area contributed by atoms with Gasteiger partial charge in [-0.25, -0.2) is 0 Å². The van der Waals surface area contributed by atoms with Gasteiger partial charge in [0.2, 0.25) is 0 Å². The van der Waals surface area contributed by atoms with Crippen LogP contribution >= 0.6 is 0 Å². The van der Waals surface area contributed by atoms with E-state index in [1.54, 1.807) is 0 Å². The van der Waals surface area contributed by atoms with E-state index >= 15 is 0 Å². The maximum Gasteiger partial charge on any atom is 0.142 e. The molecule has 0 aliphatic heterocycles. The van der Waals surface area contributed by atoms with Crippen LogP contribution in [-0.4, -0.2) is 196 Å². The Morgan fingerprint density at radius 2 is 0.582 bits per heavy atom. The third-order valence-electron chi connectivity index (χ3n) is 22.2. The molecular formula is C53H66B25N. The molecule has 10 rings (SSSR count). The van der Waals surface area contributed by atoms with E-state index in [0.717, 1.165) is 0 Å². The summed E-state index contributed by atoms with van der Waals surface area (Å²) in [6, 6.07) is 17.6. The summed E-state index contributed by atoms with van der Waals surface area (Å²) >= 11 is 0. The number of nitrogens with zero attached hydrogens (tertiary/aromatic N) is 1. The highest BCUT2D eigenvalue weighted by Gasteiger charge is 2.46. The van der Waals surface area contributed by atoms with Gasteiger partial charge in [0.05, 0.1) is 0 Å². The molecule has 2 aliphatic carbocycles. The molecule has 0 spiro atoms. The van der Waals surface area contributed by atoms with Gasteiger partial charge in [0.1, 0.15) is 196 Å². The van der Waals surface area contributed by atoms with Crippen LogP contribution in [0.15, 0.2) is 42.5 Å². The van der Waals surface area contributed by atoms with Crippen molar-refractivity contribution in [3.05, 3.63) is 70.3 Å². The predicted octanol–water partition coefficient (Wildman–Crippen LogP) is -29.4. The zero-order valence-electron chi connectivity index (χ0n) is 54.0. The zero-order chi connectivity index (χ0) is 58.2. The van der Waals surface area contributed by atoms with Crippen molar-refractivity contribution in [1.82, 2.24) is 0 Å². The SMILES string of the molecule is Bc1cc2c(c(B)c1B)-c1c(B)cc(N(c3cc(B)c(-c4c(B)c(B)c(-c5c(B)c(B)c(B)c(B)c5B)c(B)c4B)c(B)c3B)c3cc(B)c(B)c(C4(C)c5ccc(B)c(B)c5-c5c4cc(B)c(B)c5B)c3B)c(B)c1C2(C)C. The fraction of sp³-hybridized carbons (Fsp3) is 0.0943. The minimum atomic E-state index is -0.401. The van der Waals surface area contributed by atoms with Crippen molar-refractivity contribution in [3.8, 4) is 44.5 Å². The van der Waals surface area contributed by atoms with Crippen molar-refractivity contribution in [1.29, 1.82) is 0 Å². The van der Waals surface area contributed by atoms with Gasteiger partial charge in [-0.1, -0.05) is 147 Å². The molecule has 0 saturated carbocycles. The Kier molecular flexibility index (Phi) is 14.1. The van der Waals surface area contributed by atoms with Gasteiger partial charge >= 0.3 is 0 Å². The van der Waals surface area contributed by atoms with Crippen LogP contribution in [0.4, 0.5) is 17.1 Å². The highest BCUT2D eigenvalue weighted by Crippen LogP contribution is 2.51. The molecule has 0 fully saturated rings. The molecule has 2 aliphatic rings. The van der Waals surface area contributed by atoms with Crippen LogP contribution < -0.4 is 141 Å². The third-order valence-corrected chi connectivity index (χ3v) is 22.2. The van der Waals surface area contributed by atoms with E-state index < -0.39 is 5.41 Å². The Balaban J connectivity index is 1.30. The molecule has 8 aromatic rings. The average molecular weight is 987 g/mol. The summed E-state index contributed by atoms with van der Waals surface area (Å²) in [6.45, 7) is 7.52. The largest absolute Gasteiger partial charge is 0.312 e. The topological polar surface area (TPSA) is 3.24 Å². The number of anilines is 3. The summed E-state index contributed by atoms with van der Waals surface area (Å²) in [4.78, 5) is 2.73. The van der Waals surface area contributed by atoms with Crippen molar-refractivity contribution in [3.63, 3.8) is 0 Å². The molecule has 0 saturated heterocycles. The fourth-order valence-corrected chi connectivity index (χ4v) is 16.0. The normalized spacial score (nSPS) is 14.7. The molecule has 1 unspecified atom stereocenters. The van der Waals surface area contributed by atoms with E-state index in [9.17, 15) is 0 Å². The summed E-state index contributed by atoms with van der Waals surface area (Å²) in [5.41, 5.74) is 56.0. The molecule has 1 nitrogen and oxygen atoms in total. The van der Waals surface area contributed by atoms with Gasteiger partial charge in [-0.3, -0.25) is 0 Å². The minimum Gasteiger partial charge on any atom is -0.312 e. The number of hydrogen-bond donors (Lipinski definition) is 0. The molecule has 79 heavy (non-hydrogen) atoms. The minimum absolute atomic E-state index is 0.197. The molecule has 0 heterocycles. The van der Waals surface area contributed by atoms with Crippen LogP contribution in [0, 0.1) is 0 Å². The van der Waals surface area contributed by atoms with Crippen LogP contribution in [0.2, 0.25) is 0 Å². The molecule has 26 heteroatoms. The maximum absolute atomic E-state index is 2.73.